The Bertz CT molecular complexity index is 365. The Morgan fingerprint density at radius 2 is 2.08 bits per heavy atom. The second-order valence-electron chi connectivity index (χ2n) is 2.43. The lowest BCUT2D eigenvalue weighted by molar-refractivity contribution is 0.977. The van der Waals surface area contributed by atoms with Gasteiger partial charge in [0.2, 0.25) is 0 Å². The van der Waals surface area contributed by atoms with Gasteiger partial charge in [0.15, 0.2) is 0 Å². The first-order valence-corrected chi connectivity index (χ1v) is 4.67. The SMILES string of the molecule is CC.CCc1cc2nccn2cn1. The molecule has 0 N–H and O–H groups in total. The quantitative estimate of drug-likeness (QED) is 0.669. The molecule has 0 bridgehead atoms. The van der Waals surface area contributed by atoms with E-state index < -0.39 is 0 Å². The van der Waals surface area contributed by atoms with Crippen molar-refractivity contribution in [3.8, 4) is 0 Å². The minimum absolute atomic E-state index is 0.962. The number of rotatable bonds is 1. The molecule has 70 valence electrons. The Hall–Kier alpha value is -1.38. The Morgan fingerprint density at radius 1 is 1.31 bits per heavy atom. The van der Waals surface area contributed by atoms with E-state index in [1.54, 1.807) is 12.5 Å². The van der Waals surface area contributed by atoms with Crippen LogP contribution in [-0.4, -0.2) is 14.4 Å². The summed E-state index contributed by atoms with van der Waals surface area (Å²) < 4.78 is 1.90. The van der Waals surface area contributed by atoms with Crippen molar-refractivity contribution in [1.29, 1.82) is 0 Å². The van der Waals surface area contributed by atoms with E-state index in [0.717, 1.165) is 17.8 Å². The molecule has 2 aromatic rings. The lowest BCUT2D eigenvalue weighted by atomic mass is 10.3. The average Bonchev–Trinajstić information content (AvgIpc) is 2.67. The summed E-state index contributed by atoms with van der Waals surface area (Å²) in [4.78, 5) is 8.37. The largest absolute Gasteiger partial charge is 0.290 e. The average molecular weight is 177 g/mol. The highest BCUT2D eigenvalue weighted by molar-refractivity contribution is 5.38. The first-order valence-electron chi connectivity index (χ1n) is 4.67. The molecule has 0 amide bonds. The van der Waals surface area contributed by atoms with Gasteiger partial charge >= 0.3 is 0 Å². The van der Waals surface area contributed by atoms with Crippen LogP contribution in [-0.2, 0) is 6.42 Å². The van der Waals surface area contributed by atoms with Gasteiger partial charge in [-0.15, -0.1) is 0 Å². The molecule has 0 unspecified atom stereocenters. The van der Waals surface area contributed by atoms with Crippen molar-refractivity contribution in [2.45, 2.75) is 27.2 Å². The lowest BCUT2D eigenvalue weighted by Crippen LogP contribution is -1.90. The number of aryl methyl sites for hydroxylation is 1. The predicted molar refractivity (Wildman–Crippen MR) is 53.7 cm³/mol. The third kappa shape index (κ3) is 2.05. The molecule has 13 heavy (non-hydrogen) atoms. The van der Waals surface area contributed by atoms with E-state index in [1.807, 2.05) is 30.5 Å². The molecule has 0 aromatic carbocycles. The Morgan fingerprint density at radius 3 is 2.77 bits per heavy atom. The van der Waals surface area contributed by atoms with Crippen molar-refractivity contribution in [2.24, 2.45) is 0 Å². The van der Waals surface area contributed by atoms with Gasteiger partial charge in [0.25, 0.3) is 0 Å². The Labute approximate surface area is 78.5 Å². The number of hydrogen-bond acceptors (Lipinski definition) is 2. The zero-order chi connectivity index (χ0) is 9.68. The molecule has 3 nitrogen and oxygen atoms in total. The van der Waals surface area contributed by atoms with E-state index in [1.165, 1.54) is 0 Å². The van der Waals surface area contributed by atoms with Gasteiger partial charge in [0.05, 0.1) is 0 Å². The van der Waals surface area contributed by atoms with Crippen LogP contribution in [0.15, 0.2) is 24.8 Å². The van der Waals surface area contributed by atoms with Gasteiger partial charge in [-0.3, -0.25) is 4.40 Å². The first-order chi connectivity index (χ1) is 6.40. The molecule has 0 saturated carbocycles. The molecule has 0 aliphatic rings. The number of imidazole rings is 1. The highest BCUT2D eigenvalue weighted by Gasteiger charge is 1.94. The van der Waals surface area contributed by atoms with Gasteiger partial charge in [0, 0.05) is 24.2 Å². The molecule has 2 rings (SSSR count). The molecule has 0 radical (unpaired) electrons. The van der Waals surface area contributed by atoms with E-state index in [0.29, 0.717) is 0 Å². The highest BCUT2D eigenvalue weighted by Crippen LogP contribution is 2.01. The van der Waals surface area contributed by atoms with Gasteiger partial charge in [-0.1, -0.05) is 20.8 Å². The Balaban J connectivity index is 0.000000396. The zero-order valence-electron chi connectivity index (χ0n) is 8.36. The summed E-state index contributed by atoms with van der Waals surface area (Å²) in [5.41, 5.74) is 2.06. The summed E-state index contributed by atoms with van der Waals surface area (Å²) in [6, 6.07) is 2.00. The van der Waals surface area contributed by atoms with Crippen LogP contribution in [0.5, 0.6) is 0 Å². The topological polar surface area (TPSA) is 30.2 Å². The van der Waals surface area contributed by atoms with Crippen LogP contribution in [0.25, 0.3) is 5.65 Å². The van der Waals surface area contributed by atoms with Gasteiger partial charge in [-0.05, 0) is 6.42 Å². The molecule has 0 atom stereocenters. The molecule has 0 saturated heterocycles. The van der Waals surface area contributed by atoms with E-state index in [2.05, 4.69) is 16.9 Å². The van der Waals surface area contributed by atoms with E-state index in [-0.39, 0.29) is 0 Å². The molecule has 0 spiro atoms. The number of nitrogens with zero attached hydrogens (tertiary/aromatic N) is 3. The fourth-order valence-corrected chi connectivity index (χ4v) is 1.05. The van der Waals surface area contributed by atoms with Crippen molar-refractivity contribution in [2.75, 3.05) is 0 Å². The molecule has 0 fully saturated rings. The fourth-order valence-electron chi connectivity index (χ4n) is 1.05. The van der Waals surface area contributed by atoms with Crippen molar-refractivity contribution < 1.29 is 0 Å². The smallest absolute Gasteiger partial charge is 0.139 e. The predicted octanol–water partition coefficient (Wildman–Crippen LogP) is 2.32. The van der Waals surface area contributed by atoms with Crippen LogP contribution in [0, 0.1) is 0 Å². The summed E-state index contributed by atoms with van der Waals surface area (Å²) in [5.74, 6) is 0. The molecule has 2 heterocycles. The third-order valence-electron chi connectivity index (χ3n) is 1.70. The molecule has 2 aromatic heterocycles. The van der Waals surface area contributed by atoms with Gasteiger partial charge in [0.1, 0.15) is 12.0 Å². The summed E-state index contributed by atoms with van der Waals surface area (Å²) in [6.07, 6.45) is 6.42. The molecule has 3 heteroatoms. The standard InChI is InChI=1S/C8H9N3.C2H6/c1-2-7-5-8-9-3-4-11(8)6-10-7;1-2/h3-6H,2H2,1H3;1-2H3. The highest BCUT2D eigenvalue weighted by atomic mass is 15.0. The lowest BCUT2D eigenvalue weighted by Gasteiger charge is -1.95. The van der Waals surface area contributed by atoms with Crippen LogP contribution in [0.2, 0.25) is 0 Å². The van der Waals surface area contributed by atoms with Crippen molar-refractivity contribution in [3.63, 3.8) is 0 Å². The first kappa shape index (κ1) is 9.71. The van der Waals surface area contributed by atoms with E-state index in [4.69, 9.17) is 0 Å². The van der Waals surface area contributed by atoms with Crippen LogP contribution >= 0.6 is 0 Å². The van der Waals surface area contributed by atoms with Crippen molar-refractivity contribution in [3.05, 3.63) is 30.5 Å². The Kier molecular flexibility index (Phi) is 3.43. The van der Waals surface area contributed by atoms with Gasteiger partial charge < -0.3 is 0 Å². The van der Waals surface area contributed by atoms with E-state index in [9.17, 15) is 0 Å². The van der Waals surface area contributed by atoms with Crippen LogP contribution < -0.4 is 0 Å². The summed E-state index contributed by atoms with van der Waals surface area (Å²) in [5, 5.41) is 0. The third-order valence-corrected chi connectivity index (χ3v) is 1.70. The number of hydrogen-bond donors (Lipinski definition) is 0. The van der Waals surface area contributed by atoms with Gasteiger partial charge in [-0.2, -0.15) is 0 Å². The maximum Gasteiger partial charge on any atom is 0.139 e. The molecule has 0 aliphatic carbocycles. The normalized spacial score (nSPS) is 9.46. The fraction of sp³-hybridized carbons (Fsp3) is 0.400. The molecular formula is C10H15N3. The zero-order valence-corrected chi connectivity index (χ0v) is 8.36. The molecule has 0 aliphatic heterocycles. The van der Waals surface area contributed by atoms with Gasteiger partial charge in [-0.25, -0.2) is 9.97 Å². The minimum Gasteiger partial charge on any atom is -0.290 e. The van der Waals surface area contributed by atoms with Crippen LogP contribution in [0.4, 0.5) is 0 Å². The number of fused-ring (bicyclic) bond motifs is 1. The minimum atomic E-state index is 0.962. The summed E-state index contributed by atoms with van der Waals surface area (Å²) in [7, 11) is 0. The summed E-state index contributed by atoms with van der Waals surface area (Å²) >= 11 is 0. The molecular weight excluding hydrogens is 162 g/mol. The maximum atomic E-state index is 4.22. The van der Waals surface area contributed by atoms with Crippen molar-refractivity contribution in [1.82, 2.24) is 14.4 Å². The second-order valence-corrected chi connectivity index (χ2v) is 2.43. The number of aromatic nitrogens is 3. The summed E-state index contributed by atoms with van der Waals surface area (Å²) in [6.45, 7) is 6.09. The van der Waals surface area contributed by atoms with Crippen molar-refractivity contribution >= 4 is 5.65 Å². The maximum absolute atomic E-state index is 4.22. The van der Waals surface area contributed by atoms with E-state index >= 15 is 0 Å². The second kappa shape index (κ2) is 4.60. The van der Waals surface area contributed by atoms with Crippen LogP contribution in [0.3, 0.4) is 0 Å². The van der Waals surface area contributed by atoms with Crippen LogP contribution in [0.1, 0.15) is 26.5 Å². The monoisotopic (exact) mass is 177 g/mol.